The highest BCUT2D eigenvalue weighted by Gasteiger charge is 2.19. The maximum Gasteiger partial charge on any atom is 0.185 e. The van der Waals surface area contributed by atoms with Gasteiger partial charge in [0.25, 0.3) is 0 Å². The van der Waals surface area contributed by atoms with Crippen LogP contribution < -0.4 is 10.2 Å². The molecule has 0 bridgehead atoms. The van der Waals surface area contributed by atoms with Crippen LogP contribution in [0.25, 0.3) is 0 Å². The van der Waals surface area contributed by atoms with Gasteiger partial charge in [-0.05, 0) is 45.9 Å². The first-order valence-corrected chi connectivity index (χ1v) is 7.55. The molecule has 0 aliphatic carbocycles. The summed E-state index contributed by atoms with van der Waals surface area (Å²) >= 11 is 1.75. The fourth-order valence-electron chi connectivity index (χ4n) is 2.44. The zero-order valence-corrected chi connectivity index (χ0v) is 12.5. The van der Waals surface area contributed by atoms with Crippen molar-refractivity contribution < 1.29 is 0 Å². The Kier molecular flexibility index (Phi) is 4.97. The smallest absolute Gasteiger partial charge is 0.185 e. The van der Waals surface area contributed by atoms with E-state index in [0.29, 0.717) is 0 Å². The minimum Gasteiger partial charge on any atom is -0.351 e. The van der Waals surface area contributed by atoms with Crippen molar-refractivity contribution in [2.75, 3.05) is 45.7 Å². The number of nitrogens with zero attached hydrogens (tertiary/aromatic N) is 3. The topological polar surface area (TPSA) is 31.4 Å². The first-order valence-electron chi connectivity index (χ1n) is 6.67. The summed E-state index contributed by atoms with van der Waals surface area (Å²) in [5.41, 5.74) is 1.15. The Morgan fingerprint density at radius 3 is 2.89 bits per heavy atom. The molecular weight excluding hydrogens is 244 g/mol. The zero-order valence-electron chi connectivity index (χ0n) is 11.6. The molecule has 0 spiro atoms. The van der Waals surface area contributed by atoms with Crippen LogP contribution >= 0.6 is 11.3 Å². The molecule has 1 aromatic heterocycles. The molecule has 0 atom stereocenters. The minimum absolute atomic E-state index is 0.822. The van der Waals surface area contributed by atoms with Crippen LogP contribution in [0.1, 0.15) is 18.5 Å². The minimum atomic E-state index is 0.822. The average molecular weight is 268 g/mol. The molecule has 1 N–H and O–H groups in total. The molecule has 102 valence electrons. The van der Waals surface area contributed by atoms with Crippen LogP contribution in [0, 0.1) is 5.92 Å². The summed E-state index contributed by atoms with van der Waals surface area (Å²) in [6, 6.07) is 0. The molecule has 0 saturated carbocycles. The fourth-order valence-corrected chi connectivity index (χ4v) is 3.25. The van der Waals surface area contributed by atoms with Crippen molar-refractivity contribution in [2.45, 2.75) is 19.4 Å². The van der Waals surface area contributed by atoms with Gasteiger partial charge in [-0.25, -0.2) is 4.98 Å². The Hall–Kier alpha value is -0.650. The first-order chi connectivity index (χ1) is 8.69. The molecule has 0 unspecified atom stereocenters. The van der Waals surface area contributed by atoms with E-state index in [1.54, 1.807) is 11.3 Å². The van der Waals surface area contributed by atoms with Crippen LogP contribution in [0.5, 0.6) is 0 Å². The Bertz CT molecular complexity index is 358. The third-order valence-corrected chi connectivity index (χ3v) is 4.60. The monoisotopic (exact) mass is 268 g/mol. The predicted octanol–water partition coefficient (Wildman–Crippen LogP) is 1.64. The van der Waals surface area contributed by atoms with Gasteiger partial charge in [-0.2, -0.15) is 0 Å². The SMILES string of the molecule is CNCc1csc(N(C)CC2CCN(C)CC2)n1. The van der Waals surface area contributed by atoms with Gasteiger partial charge in [-0.3, -0.25) is 0 Å². The third-order valence-electron chi connectivity index (χ3n) is 3.59. The molecule has 18 heavy (non-hydrogen) atoms. The lowest BCUT2D eigenvalue weighted by Gasteiger charge is -2.31. The molecule has 1 aliphatic rings. The van der Waals surface area contributed by atoms with Crippen molar-refractivity contribution >= 4 is 16.5 Å². The second-order valence-corrected chi connectivity index (χ2v) is 6.12. The second-order valence-electron chi connectivity index (χ2n) is 5.28. The first kappa shape index (κ1) is 13.8. The van der Waals surface area contributed by atoms with E-state index in [4.69, 9.17) is 0 Å². The van der Waals surface area contributed by atoms with Crippen LogP contribution in [0.2, 0.25) is 0 Å². The molecule has 0 amide bonds. The molecule has 2 heterocycles. The Morgan fingerprint density at radius 2 is 2.22 bits per heavy atom. The van der Waals surface area contributed by atoms with E-state index < -0.39 is 0 Å². The highest BCUT2D eigenvalue weighted by atomic mass is 32.1. The molecule has 1 fully saturated rings. The zero-order chi connectivity index (χ0) is 13.0. The summed E-state index contributed by atoms with van der Waals surface area (Å²) in [6.07, 6.45) is 2.63. The van der Waals surface area contributed by atoms with E-state index in [1.165, 1.54) is 25.9 Å². The van der Waals surface area contributed by atoms with Crippen LogP contribution in [-0.2, 0) is 6.54 Å². The van der Waals surface area contributed by atoms with E-state index in [-0.39, 0.29) is 0 Å². The van der Waals surface area contributed by atoms with Gasteiger partial charge in [-0.15, -0.1) is 11.3 Å². The number of anilines is 1. The number of rotatable bonds is 5. The van der Waals surface area contributed by atoms with Crippen molar-refractivity contribution in [3.8, 4) is 0 Å². The van der Waals surface area contributed by atoms with Crippen molar-refractivity contribution in [1.29, 1.82) is 0 Å². The Morgan fingerprint density at radius 1 is 1.50 bits per heavy atom. The molecule has 0 radical (unpaired) electrons. The molecule has 1 aromatic rings. The number of hydrogen-bond donors (Lipinski definition) is 1. The summed E-state index contributed by atoms with van der Waals surface area (Å²) in [5, 5.41) is 6.44. The van der Waals surface area contributed by atoms with Gasteiger partial charge >= 0.3 is 0 Å². The lowest BCUT2D eigenvalue weighted by atomic mass is 9.97. The Balaban J connectivity index is 1.84. The van der Waals surface area contributed by atoms with E-state index in [1.807, 2.05) is 7.05 Å². The van der Waals surface area contributed by atoms with Crippen molar-refractivity contribution in [3.63, 3.8) is 0 Å². The summed E-state index contributed by atoms with van der Waals surface area (Å²) in [5.74, 6) is 0.822. The number of hydrogen-bond acceptors (Lipinski definition) is 5. The summed E-state index contributed by atoms with van der Waals surface area (Å²) < 4.78 is 0. The maximum atomic E-state index is 4.65. The highest BCUT2D eigenvalue weighted by Crippen LogP contribution is 2.23. The second kappa shape index (κ2) is 6.50. The summed E-state index contributed by atoms with van der Waals surface area (Å²) in [6.45, 7) is 4.47. The van der Waals surface area contributed by atoms with Gasteiger partial charge in [0.15, 0.2) is 5.13 Å². The fraction of sp³-hybridized carbons (Fsp3) is 0.769. The molecule has 2 rings (SSSR count). The van der Waals surface area contributed by atoms with E-state index in [9.17, 15) is 0 Å². The standard InChI is InChI=1S/C13H24N4S/c1-14-8-12-10-18-13(15-12)17(3)9-11-4-6-16(2)7-5-11/h10-11,14H,4-9H2,1-3H3. The van der Waals surface area contributed by atoms with Crippen LogP contribution in [-0.4, -0.2) is 50.7 Å². The van der Waals surface area contributed by atoms with Gasteiger partial charge in [0.05, 0.1) is 5.69 Å². The molecule has 4 nitrogen and oxygen atoms in total. The lowest BCUT2D eigenvalue weighted by Crippen LogP contribution is -2.35. The maximum absolute atomic E-state index is 4.65. The predicted molar refractivity (Wildman–Crippen MR) is 78.4 cm³/mol. The van der Waals surface area contributed by atoms with Gasteiger partial charge < -0.3 is 15.1 Å². The van der Waals surface area contributed by atoms with Crippen LogP contribution in [0.3, 0.4) is 0 Å². The number of nitrogens with one attached hydrogen (secondary N) is 1. The third kappa shape index (κ3) is 3.67. The van der Waals surface area contributed by atoms with Crippen molar-refractivity contribution in [1.82, 2.24) is 15.2 Å². The van der Waals surface area contributed by atoms with E-state index in [2.05, 4.69) is 39.6 Å². The molecular formula is C13H24N4S. The van der Waals surface area contributed by atoms with Gasteiger partial charge in [0.2, 0.25) is 0 Å². The normalized spacial score (nSPS) is 18.2. The summed E-state index contributed by atoms with van der Waals surface area (Å²) in [7, 11) is 6.34. The quantitative estimate of drug-likeness (QED) is 0.880. The van der Waals surface area contributed by atoms with Crippen LogP contribution in [0.15, 0.2) is 5.38 Å². The lowest BCUT2D eigenvalue weighted by molar-refractivity contribution is 0.222. The van der Waals surface area contributed by atoms with Crippen LogP contribution in [0.4, 0.5) is 5.13 Å². The van der Waals surface area contributed by atoms with E-state index >= 15 is 0 Å². The number of piperidine rings is 1. The number of likely N-dealkylation sites (tertiary alicyclic amines) is 1. The largest absolute Gasteiger partial charge is 0.351 e. The molecule has 5 heteroatoms. The van der Waals surface area contributed by atoms with Gasteiger partial charge in [0.1, 0.15) is 0 Å². The van der Waals surface area contributed by atoms with Gasteiger partial charge in [-0.1, -0.05) is 0 Å². The Labute approximate surface area is 114 Å². The van der Waals surface area contributed by atoms with Crippen molar-refractivity contribution in [2.24, 2.45) is 5.92 Å². The average Bonchev–Trinajstić information content (AvgIpc) is 2.81. The van der Waals surface area contributed by atoms with Crippen molar-refractivity contribution in [3.05, 3.63) is 11.1 Å². The van der Waals surface area contributed by atoms with Gasteiger partial charge in [0, 0.05) is 25.5 Å². The highest BCUT2D eigenvalue weighted by molar-refractivity contribution is 7.13. The number of thiazole rings is 1. The molecule has 1 saturated heterocycles. The molecule has 1 aliphatic heterocycles. The van der Waals surface area contributed by atoms with E-state index in [0.717, 1.165) is 29.8 Å². The summed E-state index contributed by atoms with van der Waals surface area (Å²) in [4.78, 5) is 9.39. The molecule has 0 aromatic carbocycles. The number of aromatic nitrogens is 1.